The Hall–Kier alpha value is -3.70. The van der Waals surface area contributed by atoms with E-state index in [4.69, 9.17) is 5.26 Å². The first-order valence-corrected chi connectivity index (χ1v) is 13.3. The van der Waals surface area contributed by atoms with Crippen LogP contribution in [-0.2, 0) is 23.1 Å². The zero-order chi connectivity index (χ0) is 25.5. The van der Waals surface area contributed by atoms with Crippen molar-refractivity contribution in [1.29, 1.82) is 10.5 Å². The van der Waals surface area contributed by atoms with Crippen LogP contribution >= 0.6 is 0 Å². The Morgan fingerprint density at radius 2 is 1.78 bits per heavy atom. The van der Waals surface area contributed by atoms with Crippen molar-refractivity contribution in [1.82, 2.24) is 18.8 Å². The molecule has 0 amide bonds. The molecule has 36 heavy (non-hydrogen) atoms. The van der Waals surface area contributed by atoms with Crippen molar-refractivity contribution in [3.05, 3.63) is 77.9 Å². The second-order valence-electron chi connectivity index (χ2n) is 8.85. The molecule has 2 aromatic carbocycles. The van der Waals surface area contributed by atoms with Crippen LogP contribution in [0.1, 0.15) is 23.1 Å². The van der Waals surface area contributed by atoms with E-state index < -0.39 is 10.0 Å². The fourth-order valence-corrected chi connectivity index (χ4v) is 5.74. The van der Waals surface area contributed by atoms with Crippen molar-refractivity contribution in [2.45, 2.75) is 24.4 Å². The number of nitrogens with zero attached hydrogens (tertiary/aromatic N) is 7. The Kier molecular flexibility index (Phi) is 8.01. The van der Waals surface area contributed by atoms with Crippen LogP contribution in [0.2, 0.25) is 0 Å². The predicted octanol–water partition coefficient (Wildman–Crippen LogP) is 2.66. The van der Waals surface area contributed by atoms with Gasteiger partial charge in [-0.05, 0) is 54.4 Å². The molecule has 0 spiro atoms. The first-order valence-electron chi connectivity index (χ1n) is 11.8. The molecule has 0 N–H and O–H groups in total. The summed E-state index contributed by atoms with van der Waals surface area (Å²) in [5.41, 5.74) is 3.06. The normalized spacial score (nSPS) is 14.8. The second kappa shape index (κ2) is 11.4. The lowest BCUT2D eigenvalue weighted by Gasteiger charge is -2.34. The Morgan fingerprint density at radius 3 is 2.42 bits per heavy atom. The molecule has 1 aromatic heterocycles. The van der Waals surface area contributed by atoms with Crippen LogP contribution in [0.3, 0.4) is 0 Å². The Morgan fingerprint density at radius 1 is 1.03 bits per heavy atom. The molecule has 0 saturated carbocycles. The van der Waals surface area contributed by atoms with Gasteiger partial charge in [0.25, 0.3) is 0 Å². The van der Waals surface area contributed by atoms with E-state index in [1.807, 2.05) is 37.8 Å². The lowest BCUT2D eigenvalue weighted by atomic mass is 10.1. The zero-order valence-electron chi connectivity index (χ0n) is 20.3. The van der Waals surface area contributed by atoms with Gasteiger partial charge in [0.2, 0.25) is 10.0 Å². The van der Waals surface area contributed by atoms with Crippen LogP contribution in [0.25, 0.3) is 0 Å². The van der Waals surface area contributed by atoms with Gasteiger partial charge >= 0.3 is 0 Å². The third kappa shape index (κ3) is 5.92. The van der Waals surface area contributed by atoms with Gasteiger partial charge < -0.3 is 9.47 Å². The molecule has 9 nitrogen and oxygen atoms in total. The van der Waals surface area contributed by atoms with Gasteiger partial charge in [-0.2, -0.15) is 14.8 Å². The Balaban J connectivity index is 1.36. The Bertz CT molecular complexity index is 1350. The lowest BCUT2D eigenvalue weighted by Crippen LogP contribution is -2.48. The highest BCUT2D eigenvalue weighted by Crippen LogP contribution is 2.23. The molecular formula is C26H29N7O2S. The number of aromatic nitrogens is 2. The quantitative estimate of drug-likeness (QED) is 0.442. The molecule has 2 heterocycles. The summed E-state index contributed by atoms with van der Waals surface area (Å²) in [5, 5.41) is 18.6. The number of anilines is 1. The van der Waals surface area contributed by atoms with Gasteiger partial charge in [0.1, 0.15) is 0 Å². The highest BCUT2D eigenvalue weighted by Gasteiger charge is 2.28. The van der Waals surface area contributed by atoms with Crippen molar-refractivity contribution in [3.8, 4) is 12.1 Å². The van der Waals surface area contributed by atoms with Gasteiger partial charge in [0.05, 0.1) is 34.5 Å². The summed E-state index contributed by atoms with van der Waals surface area (Å²) in [6, 6.07) is 16.2. The molecule has 1 aliphatic heterocycles. The molecule has 4 rings (SSSR count). The molecule has 10 heteroatoms. The summed E-state index contributed by atoms with van der Waals surface area (Å²) in [7, 11) is -1.56. The molecule has 3 aromatic rings. The van der Waals surface area contributed by atoms with E-state index in [0.29, 0.717) is 43.9 Å². The van der Waals surface area contributed by atoms with Gasteiger partial charge in [-0.25, -0.2) is 13.4 Å². The van der Waals surface area contributed by atoms with E-state index in [1.54, 1.807) is 6.20 Å². The number of imidazole rings is 1. The highest BCUT2D eigenvalue weighted by atomic mass is 32.2. The lowest BCUT2D eigenvalue weighted by molar-refractivity contribution is 0.181. The van der Waals surface area contributed by atoms with E-state index in [0.717, 1.165) is 30.8 Å². The first kappa shape index (κ1) is 25.4. The molecule has 1 aliphatic rings. The van der Waals surface area contributed by atoms with Crippen LogP contribution in [0.15, 0.2) is 66.1 Å². The van der Waals surface area contributed by atoms with E-state index in [9.17, 15) is 13.7 Å². The van der Waals surface area contributed by atoms with Crippen molar-refractivity contribution in [3.63, 3.8) is 0 Å². The molecule has 0 bridgehead atoms. The maximum Gasteiger partial charge on any atom is 0.243 e. The number of nitriles is 2. The minimum absolute atomic E-state index is 0.200. The molecule has 0 radical (unpaired) electrons. The summed E-state index contributed by atoms with van der Waals surface area (Å²) in [4.78, 5) is 8.64. The van der Waals surface area contributed by atoms with Crippen molar-refractivity contribution in [2.24, 2.45) is 0 Å². The number of hydrogen-bond donors (Lipinski definition) is 0. The van der Waals surface area contributed by atoms with Crippen LogP contribution in [-0.4, -0.2) is 66.9 Å². The maximum absolute atomic E-state index is 13.0. The van der Waals surface area contributed by atoms with Gasteiger partial charge in [0, 0.05) is 70.9 Å². The first-order chi connectivity index (χ1) is 17.4. The number of rotatable bonds is 9. The van der Waals surface area contributed by atoms with Crippen molar-refractivity contribution >= 4 is 15.7 Å². The van der Waals surface area contributed by atoms with E-state index in [-0.39, 0.29) is 4.90 Å². The largest absolute Gasteiger partial charge is 0.375 e. The number of hydrogen-bond acceptors (Lipinski definition) is 7. The summed E-state index contributed by atoms with van der Waals surface area (Å²) in [5.74, 6) is 0. The summed E-state index contributed by atoms with van der Waals surface area (Å²) in [6.07, 6.45) is 6.51. The van der Waals surface area contributed by atoms with Crippen LogP contribution in [0, 0.1) is 22.7 Å². The summed E-state index contributed by atoms with van der Waals surface area (Å²) in [6.45, 7) is 4.25. The fraction of sp³-hybridized carbons (Fsp3) is 0.346. The molecule has 1 fully saturated rings. The molecule has 186 valence electrons. The molecular weight excluding hydrogens is 474 g/mol. The van der Waals surface area contributed by atoms with Crippen LogP contribution in [0.4, 0.5) is 5.69 Å². The molecule has 1 saturated heterocycles. The van der Waals surface area contributed by atoms with Gasteiger partial charge in [-0.1, -0.05) is 0 Å². The minimum atomic E-state index is -3.61. The third-order valence-electron chi connectivity index (χ3n) is 6.47. The van der Waals surface area contributed by atoms with Crippen LogP contribution in [0.5, 0.6) is 0 Å². The average molecular weight is 504 g/mol. The van der Waals surface area contributed by atoms with Crippen LogP contribution < -0.4 is 4.90 Å². The Labute approximate surface area is 212 Å². The number of sulfonamides is 1. The number of benzene rings is 2. The van der Waals surface area contributed by atoms with Gasteiger partial charge in [-0.3, -0.25) is 4.90 Å². The van der Waals surface area contributed by atoms with Gasteiger partial charge in [-0.15, -0.1) is 0 Å². The van der Waals surface area contributed by atoms with E-state index >= 15 is 0 Å². The molecule has 0 aliphatic carbocycles. The highest BCUT2D eigenvalue weighted by molar-refractivity contribution is 7.89. The zero-order valence-corrected chi connectivity index (χ0v) is 21.1. The fourth-order valence-electron chi connectivity index (χ4n) is 4.32. The number of piperazine rings is 1. The van der Waals surface area contributed by atoms with Crippen molar-refractivity contribution in [2.75, 3.05) is 44.7 Å². The SMILES string of the molecule is CN(CCCn1ccnc1)c1ccc(C#N)c(CN2CCN(S(=O)(=O)c3ccc(C#N)cc3)CC2)c1. The van der Waals surface area contributed by atoms with E-state index in [2.05, 4.69) is 31.5 Å². The standard InChI is InChI=1S/C26H29N7O2S/c1-30(10-2-11-32-12-9-29-21-32)25-6-5-23(19-28)24(17-25)20-31-13-15-33(16-14-31)36(34,35)26-7-3-22(18-27)4-8-26/h3-9,12,17,21H,2,10-11,13-16,20H2,1H3. The molecule has 0 unspecified atom stereocenters. The van der Waals surface area contributed by atoms with E-state index in [1.165, 1.54) is 28.6 Å². The van der Waals surface area contributed by atoms with Gasteiger partial charge in [0.15, 0.2) is 0 Å². The second-order valence-corrected chi connectivity index (χ2v) is 10.8. The monoisotopic (exact) mass is 503 g/mol. The average Bonchev–Trinajstić information content (AvgIpc) is 3.42. The third-order valence-corrected chi connectivity index (χ3v) is 8.38. The predicted molar refractivity (Wildman–Crippen MR) is 136 cm³/mol. The summed E-state index contributed by atoms with van der Waals surface area (Å²) < 4.78 is 29.6. The minimum Gasteiger partial charge on any atom is -0.375 e. The smallest absolute Gasteiger partial charge is 0.243 e. The maximum atomic E-state index is 13.0. The molecule has 0 atom stereocenters. The topological polar surface area (TPSA) is 109 Å². The number of aryl methyl sites for hydroxylation is 1. The van der Waals surface area contributed by atoms with Crippen molar-refractivity contribution < 1.29 is 8.42 Å². The summed E-state index contributed by atoms with van der Waals surface area (Å²) >= 11 is 0.